The highest BCUT2D eigenvalue weighted by Gasteiger charge is 2.15. The van der Waals surface area contributed by atoms with Crippen LogP contribution in [0.25, 0.3) is 37.4 Å². The molecule has 2 heterocycles. The molecule has 4 aromatic carbocycles. The number of nitrogens with zero attached hydrogens (tertiary/aromatic N) is 3. The third kappa shape index (κ3) is 5.73. The molecule has 41 heavy (non-hydrogen) atoms. The van der Waals surface area contributed by atoms with Gasteiger partial charge in [0.05, 0.1) is 39.2 Å². The van der Waals surface area contributed by atoms with Crippen LogP contribution in [0.1, 0.15) is 12.5 Å². The van der Waals surface area contributed by atoms with E-state index >= 15 is 0 Å². The molecule has 1 amide bonds. The summed E-state index contributed by atoms with van der Waals surface area (Å²) in [6.45, 7) is 4.55. The number of amides is 1. The van der Waals surface area contributed by atoms with Crippen LogP contribution in [0.15, 0.2) is 101 Å². The first kappa shape index (κ1) is 26.7. The summed E-state index contributed by atoms with van der Waals surface area (Å²) in [6, 6.07) is 28.4. The van der Waals surface area contributed by atoms with Gasteiger partial charge in [-0.05, 0) is 92.2 Å². The molecule has 0 radical (unpaired) electrons. The van der Waals surface area contributed by atoms with Gasteiger partial charge < -0.3 is 10.1 Å². The van der Waals surface area contributed by atoms with E-state index in [-0.39, 0.29) is 17.2 Å². The van der Waals surface area contributed by atoms with Crippen molar-refractivity contribution in [3.63, 3.8) is 0 Å². The first-order chi connectivity index (χ1) is 20.0. The molecule has 6 aromatic rings. The second kappa shape index (κ2) is 11.6. The summed E-state index contributed by atoms with van der Waals surface area (Å²) in [6.07, 6.45) is 0. The zero-order chi connectivity index (χ0) is 28.3. The van der Waals surface area contributed by atoms with E-state index < -0.39 is 0 Å². The van der Waals surface area contributed by atoms with Crippen LogP contribution in [0.4, 0.5) is 5.69 Å². The first-order valence-corrected chi connectivity index (χ1v) is 14.9. The van der Waals surface area contributed by atoms with Gasteiger partial charge in [-0.2, -0.15) is 0 Å². The Morgan fingerprint density at radius 2 is 1.73 bits per heavy atom. The molecule has 1 N–H and O–H groups in total. The molecule has 0 aliphatic carbocycles. The van der Waals surface area contributed by atoms with E-state index in [1.165, 1.54) is 17.3 Å². The van der Waals surface area contributed by atoms with Crippen LogP contribution in [0.3, 0.4) is 0 Å². The van der Waals surface area contributed by atoms with Crippen molar-refractivity contribution < 1.29 is 9.53 Å². The van der Waals surface area contributed by atoms with Gasteiger partial charge in [0, 0.05) is 11.3 Å². The molecule has 2 aromatic heterocycles. The number of rotatable bonds is 8. The minimum Gasteiger partial charge on any atom is -0.494 e. The van der Waals surface area contributed by atoms with Crippen LogP contribution in [0.2, 0.25) is 0 Å². The highest BCUT2D eigenvalue weighted by Crippen LogP contribution is 2.31. The number of anilines is 1. The average molecular weight is 579 g/mol. The average Bonchev–Trinajstić information content (AvgIpc) is 3.41. The van der Waals surface area contributed by atoms with Gasteiger partial charge in [-0.15, -0.1) is 11.3 Å². The van der Waals surface area contributed by atoms with Crippen LogP contribution in [-0.4, -0.2) is 32.8 Å². The van der Waals surface area contributed by atoms with Gasteiger partial charge >= 0.3 is 0 Å². The summed E-state index contributed by atoms with van der Waals surface area (Å²) >= 11 is 2.87. The number of aryl methyl sites for hydroxylation is 1. The molecule has 0 spiro atoms. The van der Waals surface area contributed by atoms with Crippen molar-refractivity contribution in [2.75, 3.05) is 17.7 Å². The molecule has 9 heteroatoms. The van der Waals surface area contributed by atoms with Crippen molar-refractivity contribution >= 4 is 55.8 Å². The van der Waals surface area contributed by atoms with Crippen molar-refractivity contribution in [3.05, 3.63) is 107 Å². The summed E-state index contributed by atoms with van der Waals surface area (Å²) < 4.78 is 8.25. The van der Waals surface area contributed by atoms with Crippen molar-refractivity contribution in [1.82, 2.24) is 14.5 Å². The molecule has 0 aliphatic heterocycles. The fourth-order valence-electron chi connectivity index (χ4n) is 4.47. The molecule has 0 unspecified atom stereocenters. The Labute approximate surface area is 244 Å². The first-order valence-electron chi connectivity index (χ1n) is 13.1. The van der Waals surface area contributed by atoms with E-state index in [0.29, 0.717) is 34.0 Å². The zero-order valence-electron chi connectivity index (χ0n) is 22.5. The van der Waals surface area contributed by atoms with E-state index in [4.69, 9.17) is 14.7 Å². The number of fused-ring (bicyclic) bond motifs is 2. The number of carbonyl (C=O) groups excluding carboxylic acids is 1. The highest BCUT2D eigenvalue weighted by molar-refractivity contribution is 7.99. The Morgan fingerprint density at radius 1 is 0.951 bits per heavy atom. The number of nitrogens with one attached hydrogen (secondary N) is 1. The van der Waals surface area contributed by atoms with Gasteiger partial charge in [0.2, 0.25) is 5.91 Å². The minimum atomic E-state index is -0.195. The van der Waals surface area contributed by atoms with Crippen LogP contribution >= 0.6 is 23.1 Å². The summed E-state index contributed by atoms with van der Waals surface area (Å²) in [7, 11) is 0. The van der Waals surface area contributed by atoms with Crippen molar-refractivity contribution in [1.29, 1.82) is 0 Å². The lowest BCUT2D eigenvalue weighted by Crippen LogP contribution is -2.23. The summed E-state index contributed by atoms with van der Waals surface area (Å²) in [5.41, 5.74) is 4.92. The lowest BCUT2D eigenvalue weighted by molar-refractivity contribution is -0.113. The molecular formula is C32H26N4O3S2. The lowest BCUT2D eigenvalue weighted by Gasteiger charge is -2.14. The van der Waals surface area contributed by atoms with E-state index in [2.05, 4.69) is 24.4 Å². The predicted molar refractivity (Wildman–Crippen MR) is 168 cm³/mol. The molecule has 0 saturated heterocycles. The Morgan fingerprint density at radius 3 is 2.51 bits per heavy atom. The largest absolute Gasteiger partial charge is 0.494 e. The third-order valence-corrected chi connectivity index (χ3v) is 8.45. The fraction of sp³-hybridized carbons (Fsp3) is 0.125. The Hall–Kier alpha value is -4.47. The van der Waals surface area contributed by atoms with Gasteiger partial charge in [0.1, 0.15) is 10.8 Å². The molecule has 204 valence electrons. The monoisotopic (exact) mass is 578 g/mol. The number of ether oxygens (including phenoxy) is 1. The van der Waals surface area contributed by atoms with E-state index in [1.54, 1.807) is 28.0 Å². The number of thiazole rings is 1. The van der Waals surface area contributed by atoms with Gasteiger partial charge in [0.25, 0.3) is 5.56 Å². The fourth-order valence-corrected chi connectivity index (χ4v) is 6.36. The maximum atomic E-state index is 13.5. The second-order valence-electron chi connectivity index (χ2n) is 9.38. The van der Waals surface area contributed by atoms with Crippen molar-refractivity contribution in [2.24, 2.45) is 0 Å². The molecule has 0 saturated carbocycles. The number of hydrogen-bond donors (Lipinski definition) is 1. The Balaban J connectivity index is 1.20. The van der Waals surface area contributed by atoms with Gasteiger partial charge in [-0.3, -0.25) is 14.2 Å². The van der Waals surface area contributed by atoms with Crippen LogP contribution in [0, 0.1) is 6.92 Å². The van der Waals surface area contributed by atoms with E-state index in [9.17, 15) is 9.59 Å². The number of hydrogen-bond acceptors (Lipinski definition) is 7. The number of benzene rings is 4. The summed E-state index contributed by atoms with van der Waals surface area (Å²) in [4.78, 5) is 35.9. The lowest BCUT2D eigenvalue weighted by atomic mass is 10.2. The molecule has 0 atom stereocenters. The quantitative estimate of drug-likeness (QED) is 0.153. The van der Waals surface area contributed by atoms with Gasteiger partial charge in [0.15, 0.2) is 5.16 Å². The minimum absolute atomic E-state index is 0.0841. The number of thioether (sulfide) groups is 1. The third-order valence-electron chi connectivity index (χ3n) is 6.44. The molecule has 0 bridgehead atoms. The van der Waals surface area contributed by atoms with Crippen LogP contribution in [0.5, 0.6) is 5.75 Å². The standard InChI is InChI=1S/C32H26N4O3S2/c1-3-39-24-15-13-23(14-16-24)36-31(38)25-6-4-5-7-26(25)35-32(36)40-19-29(37)33-22-11-9-21(10-12-22)30-34-27-17-8-20(2)18-28(27)41-30/h4-18H,3,19H2,1-2H3,(H,33,37). The topological polar surface area (TPSA) is 86.1 Å². The summed E-state index contributed by atoms with van der Waals surface area (Å²) in [5.74, 6) is 0.607. The second-order valence-corrected chi connectivity index (χ2v) is 11.4. The Kier molecular flexibility index (Phi) is 7.54. The highest BCUT2D eigenvalue weighted by atomic mass is 32.2. The van der Waals surface area contributed by atoms with Crippen molar-refractivity contribution in [3.8, 4) is 22.0 Å². The smallest absolute Gasteiger partial charge is 0.266 e. The van der Waals surface area contributed by atoms with Gasteiger partial charge in [-0.1, -0.05) is 30.0 Å². The van der Waals surface area contributed by atoms with Gasteiger partial charge in [-0.25, -0.2) is 9.97 Å². The van der Waals surface area contributed by atoms with Crippen molar-refractivity contribution in [2.45, 2.75) is 19.0 Å². The molecule has 7 nitrogen and oxygen atoms in total. The van der Waals surface area contributed by atoms with E-state index in [0.717, 1.165) is 26.5 Å². The Bertz CT molecular complexity index is 1930. The number of aromatic nitrogens is 3. The molecule has 0 fully saturated rings. The maximum absolute atomic E-state index is 13.5. The number of para-hydroxylation sites is 1. The van der Waals surface area contributed by atoms with Crippen LogP contribution < -0.4 is 15.6 Å². The molecular weight excluding hydrogens is 553 g/mol. The number of carbonyl (C=O) groups is 1. The summed E-state index contributed by atoms with van der Waals surface area (Å²) in [5, 5.41) is 4.84. The van der Waals surface area contributed by atoms with E-state index in [1.807, 2.05) is 73.7 Å². The normalized spacial score (nSPS) is 11.2. The maximum Gasteiger partial charge on any atom is 0.266 e. The molecule has 6 rings (SSSR count). The van der Waals surface area contributed by atoms with Crippen LogP contribution in [-0.2, 0) is 4.79 Å². The molecule has 0 aliphatic rings. The SMILES string of the molecule is CCOc1ccc(-n2c(SCC(=O)Nc3ccc(-c4nc5ccc(C)cc5s4)cc3)nc3ccccc3c2=O)cc1. The zero-order valence-corrected chi connectivity index (χ0v) is 24.1. The predicted octanol–water partition coefficient (Wildman–Crippen LogP) is 7.10.